The Morgan fingerprint density at radius 1 is 1.19 bits per heavy atom. The van der Waals surface area contributed by atoms with Gasteiger partial charge in [0.15, 0.2) is 5.58 Å². The highest BCUT2D eigenvalue weighted by Gasteiger charge is 2.11. The largest absolute Gasteiger partial charge is 0.419 e. The van der Waals surface area contributed by atoms with Crippen LogP contribution in [0.15, 0.2) is 51.7 Å². The van der Waals surface area contributed by atoms with Gasteiger partial charge in [0, 0.05) is 18.3 Å². The van der Waals surface area contributed by atoms with Crippen LogP contribution in [0.5, 0.6) is 0 Å². The molecule has 0 unspecified atom stereocenters. The highest BCUT2D eigenvalue weighted by molar-refractivity contribution is 6.05. The van der Waals surface area contributed by atoms with Gasteiger partial charge in [0.2, 0.25) is 0 Å². The van der Waals surface area contributed by atoms with E-state index in [0.717, 1.165) is 0 Å². The number of aryl methyl sites for hydroxylation is 1. The van der Waals surface area contributed by atoms with Crippen LogP contribution in [0, 0.1) is 5.82 Å². The van der Waals surface area contributed by atoms with E-state index in [1.54, 1.807) is 19.2 Å². The molecule has 2 aromatic carbocycles. The van der Waals surface area contributed by atoms with Crippen LogP contribution < -0.4 is 11.1 Å². The van der Waals surface area contributed by atoms with Gasteiger partial charge in [0.25, 0.3) is 5.91 Å². The van der Waals surface area contributed by atoms with Gasteiger partial charge in [0.1, 0.15) is 5.82 Å². The lowest BCUT2D eigenvalue weighted by atomic mass is 10.2. The molecule has 0 saturated carbocycles. The molecule has 21 heavy (non-hydrogen) atoms. The number of anilines is 1. The SMILES string of the molecule is Cn1c(=O)oc2cc(C(=O)Nc3ccc(F)cc3)ccc21. The smallest absolute Gasteiger partial charge is 0.408 e. The van der Waals surface area contributed by atoms with Crippen molar-refractivity contribution in [2.24, 2.45) is 7.05 Å². The molecular weight excluding hydrogens is 275 g/mol. The molecule has 0 saturated heterocycles. The van der Waals surface area contributed by atoms with E-state index in [-0.39, 0.29) is 11.7 Å². The Morgan fingerprint density at radius 3 is 2.62 bits per heavy atom. The van der Waals surface area contributed by atoms with Crippen LogP contribution in [0.3, 0.4) is 0 Å². The molecule has 0 aliphatic rings. The summed E-state index contributed by atoms with van der Waals surface area (Å²) in [6.45, 7) is 0. The van der Waals surface area contributed by atoms with Crippen molar-refractivity contribution in [3.63, 3.8) is 0 Å². The van der Waals surface area contributed by atoms with E-state index in [9.17, 15) is 14.0 Å². The van der Waals surface area contributed by atoms with Crippen LogP contribution in [0.4, 0.5) is 10.1 Å². The van der Waals surface area contributed by atoms with E-state index in [1.807, 2.05) is 0 Å². The first-order valence-corrected chi connectivity index (χ1v) is 6.21. The zero-order chi connectivity index (χ0) is 15.0. The summed E-state index contributed by atoms with van der Waals surface area (Å²) in [5, 5.41) is 2.64. The lowest BCUT2D eigenvalue weighted by molar-refractivity contribution is 0.102. The van der Waals surface area contributed by atoms with Crippen molar-refractivity contribution in [3.8, 4) is 0 Å². The maximum absolute atomic E-state index is 12.8. The minimum atomic E-state index is -0.485. The molecular formula is C15H11FN2O3. The molecule has 1 heterocycles. The number of nitrogens with one attached hydrogen (secondary N) is 1. The zero-order valence-electron chi connectivity index (χ0n) is 11.1. The number of hydrogen-bond acceptors (Lipinski definition) is 3. The standard InChI is InChI=1S/C15H11FN2O3/c1-18-12-7-2-9(8-13(12)21-15(18)20)14(19)17-11-5-3-10(16)4-6-11/h2-8H,1H3,(H,17,19). The maximum atomic E-state index is 12.8. The van der Waals surface area contributed by atoms with E-state index in [1.165, 1.54) is 34.9 Å². The quantitative estimate of drug-likeness (QED) is 0.787. The molecule has 0 spiro atoms. The lowest BCUT2D eigenvalue weighted by Crippen LogP contribution is -2.11. The van der Waals surface area contributed by atoms with E-state index in [4.69, 9.17) is 4.42 Å². The molecule has 0 aliphatic carbocycles. The summed E-state index contributed by atoms with van der Waals surface area (Å²) in [5.74, 6) is -1.23. The zero-order valence-corrected chi connectivity index (χ0v) is 11.1. The molecule has 0 atom stereocenters. The number of halogens is 1. The number of aromatic nitrogens is 1. The van der Waals surface area contributed by atoms with Crippen LogP contribution >= 0.6 is 0 Å². The normalized spacial score (nSPS) is 10.8. The van der Waals surface area contributed by atoms with Crippen LogP contribution in [-0.2, 0) is 7.05 Å². The van der Waals surface area contributed by atoms with Gasteiger partial charge in [-0.15, -0.1) is 0 Å². The van der Waals surface area contributed by atoms with Gasteiger partial charge in [0.05, 0.1) is 5.52 Å². The Morgan fingerprint density at radius 2 is 1.90 bits per heavy atom. The van der Waals surface area contributed by atoms with Gasteiger partial charge >= 0.3 is 5.76 Å². The number of nitrogens with zero attached hydrogens (tertiary/aromatic N) is 1. The summed E-state index contributed by atoms with van der Waals surface area (Å²) in [4.78, 5) is 23.5. The number of oxazole rings is 1. The minimum absolute atomic E-state index is 0.342. The molecule has 6 heteroatoms. The highest BCUT2D eigenvalue weighted by Crippen LogP contribution is 2.16. The molecule has 1 N–H and O–H groups in total. The Bertz CT molecular complexity index is 878. The predicted molar refractivity (Wildman–Crippen MR) is 75.8 cm³/mol. The molecule has 3 rings (SSSR count). The van der Waals surface area contributed by atoms with Crippen LogP contribution in [-0.4, -0.2) is 10.5 Å². The van der Waals surface area contributed by atoms with E-state index < -0.39 is 5.76 Å². The average molecular weight is 286 g/mol. The lowest BCUT2D eigenvalue weighted by Gasteiger charge is -2.05. The molecule has 0 fully saturated rings. The fourth-order valence-corrected chi connectivity index (χ4v) is 2.01. The molecule has 106 valence electrons. The number of rotatable bonds is 2. The summed E-state index contributed by atoms with van der Waals surface area (Å²) in [5.41, 5.74) is 1.78. The average Bonchev–Trinajstić information content (AvgIpc) is 2.76. The topological polar surface area (TPSA) is 64.2 Å². The Balaban J connectivity index is 1.91. The summed E-state index contributed by atoms with van der Waals surface area (Å²) in [6.07, 6.45) is 0. The molecule has 1 amide bonds. The highest BCUT2D eigenvalue weighted by atomic mass is 19.1. The van der Waals surface area contributed by atoms with Gasteiger partial charge < -0.3 is 9.73 Å². The minimum Gasteiger partial charge on any atom is -0.408 e. The summed E-state index contributed by atoms with van der Waals surface area (Å²) < 4.78 is 19.2. The Hall–Kier alpha value is -2.89. The second-order valence-corrected chi connectivity index (χ2v) is 4.57. The molecule has 0 radical (unpaired) electrons. The second-order valence-electron chi connectivity index (χ2n) is 4.57. The molecule has 0 bridgehead atoms. The van der Waals surface area contributed by atoms with Crippen molar-refractivity contribution in [1.82, 2.24) is 4.57 Å². The van der Waals surface area contributed by atoms with Crippen molar-refractivity contribution in [1.29, 1.82) is 0 Å². The molecule has 5 nitrogen and oxygen atoms in total. The van der Waals surface area contributed by atoms with Crippen molar-refractivity contribution in [2.45, 2.75) is 0 Å². The van der Waals surface area contributed by atoms with Crippen molar-refractivity contribution in [2.75, 3.05) is 5.32 Å². The molecule has 1 aromatic heterocycles. The number of benzene rings is 2. The van der Waals surface area contributed by atoms with Gasteiger partial charge in [-0.25, -0.2) is 9.18 Å². The van der Waals surface area contributed by atoms with Crippen molar-refractivity contribution < 1.29 is 13.6 Å². The molecule has 0 aliphatic heterocycles. The summed E-state index contributed by atoms with van der Waals surface area (Å²) >= 11 is 0. The number of carbonyl (C=O) groups excluding carboxylic acids is 1. The van der Waals surface area contributed by atoms with Crippen LogP contribution in [0.1, 0.15) is 10.4 Å². The van der Waals surface area contributed by atoms with Crippen LogP contribution in [0.25, 0.3) is 11.1 Å². The van der Waals surface area contributed by atoms with Gasteiger partial charge in [-0.2, -0.15) is 0 Å². The fraction of sp³-hybridized carbons (Fsp3) is 0.0667. The Labute approximate surface area is 118 Å². The van der Waals surface area contributed by atoms with E-state index >= 15 is 0 Å². The summed E-state index contributed by atoms with van der Waals surface area (Å²) in [7, 11) is 1.59. The van der Waals surface area contributed by atoms with E-state index in [2.05, 4.69) is 5.32 Å². The Kier molecular flexibility index (Phi) is 3.06. The first kappa shape index (κ1) is 13.1. The number of amides is 1. The van der Waals surface area contributed by atoms with E-state index in [0.29, 0.717) is 22.4 Å². The first-order valence-electron chi connectivity index (χ1n) is 6.21. The third kappa shape index (κ3) is 2.43. The van der Waals surface area contributed by atoms with Gasteiger partial charge in [-0.1, -0.05) is 0 Å². The van der Waals surface area contributed by atoms with Gasteiger partial charge in [-0.05, 0) is 42.5 Å². The fourth-order valence-electron chi connectivity index (χ4n) is 2.01. The van der Waals surface area contributed by atoms with Crippen LogP contribution in [0.2, 0.25) is 0 Å². The third-order valence-electron chi connectivity index (χ3n) is 3.16. The maximum Gasteiger partial charge on any atom is 0.419 e. The predicted octanol–water partition coefficient (Wildman–Crippen LogP) is 2.52. The van der Waals surface area contributed by atoms with Crippen molar-refractivity contribution in [3.05, 3.63) is 64.4 Å². The first-order chi connectivity index (χ1) is 10.0. The second kappa shape index (κ2) is 4.90. The third-order valence-corrected chi connectivity index (χ3v) is 3.16. The van der Waals surface area contributed by atoms with Gasteiger partial charge in [-0.3, -0.25) is 9.36 Å². The number of fused-ring (bicyclic) bond motifs is 1. The number of carbonyl (C=O) groups is 1. The molecule has 3 aromatic rings. The monoisotopic (exact) mass is 286 g/mol. The van der Waals surface area contributed by atoms with Crippen molar-refractivity contribution >= 4 is 22.7 Å². The number of hydrogen-bond donors (Lipinski definition) is 1. The summed E-state index contributed by atoms with van der Waals surface area (Å²) in [6, 6.07) is 10.2.